The number of oxazole rings is 1. The fraction of sp³-hybridized carbons (Fsp3) is 0.192. The molecule has 0 N–H and O–H groups in total. The number of aromatic nitrogens is 4. The van der Waals surface area contributed by atoms with Gasteiger partial charge in [0.25, 0.3) is 5.56 Å². The Balaban J connectivity index is 1.43. The Labute approximate surface area is 196 Å². The molecule has 3 heterocycles. The van der Waals surface area contributed by atoms with Gasteiger partial charge in [0.15, 0.2) is 0 Å². The molecule has 172 valence electrons. The Morgan fingerprint density at radius 1 is 0.971 bits per heavy atom. The molecule has 0 atom stereocenters. The average Bonchev–Trinajstić information content (AvgIpc) is 3.46. The van der Waals surface area contributed by atoms with Crippen molar-refractivity contribution in [3.8, 4) is 34.2 Å². The van der Waals surface area contributed by atoms with Crippen molar-refractivity contribution in [3.63, 3.8) is 0 Å². The Morgan fingerprint density at radius 3 is 2.38 bits per heavy atom. The number of nitrogens with zero attached hydrogens (tertiary/aromatic N) is 4. The van der Waals surface area contributed by atoms with Crippen LogP contribution < -0.4 is 15.0 Å². The monoisotopic (exact) mass is 456 g/mol. The van der Waals surface area contributed by atoms with Crippen molar-refractivity contribution >= 4 is 5.52 Å². The lowest BCUT2D eigenvalue weighted by Gasteiger charge is -2.04. The van der Waals surface area contributed by atoms with Gasteiger partial charge in [0.2, 0.25) is 5.89 Å². The summed E-state index contributed by atoms with van der Waals surface area (Å²) in [7, 11) is 1.62. The summed E-state index contributed by atoms with van der Waals surface area (Å²) in [4.78, 5) is 17.8. The van der Waals surface area contributed by atoms with Crippen LogP contribution in [0.5, 0.6) is 11.5 Å². The number of ether oxygens (including phenoxy) is 2. The third-order valence-corrected chi connectivity index (χ3v) is 5.61. The maximum absolute atomic E-state index is 13.2. The van der Waals surface area contributed by atoms with Gasteiger partial charge in [-0.3, -0.25) is 4.79 Å². The maximum atomic E-state index is 13.2. The van der Waals surface area contributed by atoms with E-state index >= 15 is 0 Å². The highest BCUT2D eigenvalue weighted by atomic mass is 16.5. The number of benzene rings is 2. The highest BCUT2D eigenvalue weighted by Gasteiger charge is 2.15. The van der Waals surface area contributed by atoms with Crippen LogP contribution in [-0.2, 0) is 6.54 Å². The molecule has 0 spiro atoms. The molecule has 0 aliphatic carbocycles. The largest absolute Gasteiger partial charge is 0.497 e. The van der Waals surface area contributed by atoms with E-state index in [4.69, 9.17) is 13.9 Å². The maximum Gasteiger partial charge on any atom is 0.276 e. The minimum absolute atomic E-state index is 0.152. The van der Waals surface area contributed by atoms with Crippen LogP contribution in [0.15, 0.2) is 76.2 Å². The predicted octanol–water partition coefficient (Wildman–Crippen LogP) is 4.58. The van der Waals surface area contributed by atoms with Crippen molar-refractivity contribution in [2.24, 2.45) is 0 Å². The van der Waals surface area contributed by atoms with E-state index in [1.165, 1.54) is 0 Å². The van der Waals surface area contributed by atoms with E-state index < -0.39 is 0 Å². The molecule has 0 radical (unpaired) electrons. The van der Waals surface area contributed by atoms with E-state index in [1.54, 1.807) is 34.7 Å². The van der Waals surface area contributed by atoms with Gasteiger partial charge in [-0.2, -0.15) is 5.10 Å². The Hall–Kier alpha value is -4.33. The minimum Gasteiger partial charge on any atom is -0.497 e. The van der Waals surface area contributed by atoms with Gasteiger partial charge in [-0.05, 0) is 68.4 Å². The van der Waals surface area contributed by atoms with Crippen LogP contribution in [-0.4, -0.2) is 32.9 Å². The van der Waals surface area contributed by atoms with Gasteiger partial charge in [0, 0.05) is 23.5 Å². The van der Waals surface area contributed by atoms with Crippen LogP contribution in [0.25, 0.3) is 28.2 Å². The van der Waals surface area contributed by atoms with E-state index in [1.807, 2.05) is 62.4 Å². The van der Waals surface area contributed by atoms with Crippen LogP contribution in [0.2, 0.25) is 0 Å². The van der Waals surface area contributed by atoms with Crippen LogP contribution in [0, 0.1) is 6.92 Å². The first-order valence-corrected chi connectivity index (χ1v) is 11.0. The van der Waals surface area contributed by atoms with E-state index in [2.05, 4.69) is 10.1 Å². The van der Waals surface area contributed by atoms with Gasteiger partial charge in [-0.1, -0.05) is 0 Å². The van der Waals surface area contributed by atoms with Crippen molar-refractivity contribution < 1.29 is 13.9 Å². The second-order valence-corrected chi connectivity index (χ2v) is 7.80. The standard InChI is InChI=1S/C26H24N4O4/c1-4-33-21-11-5-18(6-12-21)22-15-24-26(31)29(13-14-30(24)28-22)16-23-17(2)34-25(27-23)19-7-9-20(32-3)10-8-19/h5-15H,4,16H2,1-3H3. The summed E-state index contributed by atoms with van der Waals surface area (Å²) in [5.41, 5.74) is 3.51. The zero-order chi connectivity index (χ0) is 23.7. The minimum atomic E-state index is -0.152. The quantitative estimate of drug-likeness (QED) is 0.356. The molecule has 8 heteroatoms. The van der Waals surface area contributed by atoms with Gasteiger partial charge < -0.3 is 18.5 Å². The van der Waals surface area contributed by atoms with Crippen LogP contribution in [0.4, 0.5) is 0 Å². The Bertz CT molecular complexity index is 1500. The molecule has 5 rings (SSSR count). The Morgan fingerprint density at radius 2 is 1.68 bits per heavy atom. The average molecular weight is 457 g/mol. The lowest BCUT2D eigenvalue weighted by Crippen LogP contribution is -2.22. The summed E-state index contributed by atoms with van der Waals surface area (Å²) < 4.78 is 19.8. The molecule has 0 aliphatic rings. The SMILES string of the molecule is CCOc1ccc(-c2cc3c(=O)n(Cc4nc(-c5ccc(OC)cc5)oc4C)ccn3n2)cc1. The lowest BCUT2D eigenvalue weighted by atomic mass is 10.1. The molecule has 0 saturated heterocycles. The van der Waals surface area contributed by atoms with E-state index in [9.17, 15) is 4.79 Å². The van der Waals surface area contributed by atoms with Crippen molar-refractivity contribution in [2.45, 2.75) is 20.4 Å². The number of methoxy groups -OCH3 is 1. The zero-order valence-corrected chi connectivity index (χ0v) is 19.2. The lowest BCUT2D eigenvalue weighted by molar-refractivity contribution is 0.340. The number of hydrogen-bond donors (Lipinski definition) is 0. The van der Waals surface area contributed by atoms with Gasteiger partial charge in [-0.15, -0.1) is 0 Å². The number of aryl methyl sites for hydroxylation is 1. The summed E-state index contributed by atoms with van der Waals surface area (Å²) in [6.07, 6.45) is 3.49. The normalized spacial score (nSPS) is 11.1. The third kappa shape index (κ3) is 4.05. The van der Waals surface area contributed by atoms with Crippen LogP contribution in [0.3, 0.4) is 0 Å². The number of hydrogen-bond acceptors (Lipinski definition) is 6. The van der Waals surface area contributed by atoms with Crippen molar-refractivity contribution in [2.75, 3.05) is 13.7 Å². The zero-order valence-electron chi connectivity index (χ0n) is 19.2. The Kier molecular flexibility index (Phi) is 5.63. The predicted molar refractivity (Wildman–Crippen MR) is 128 cm³/mol. The van der Waals surface area contributed by atoms with Crippen LogP contribution in [0.1, 0.15) is 18.4 Å². The summed E-state index contributed by atoms with van der Waals surface area (Å²) in [6.45, 7) is 4.70. The summed E-state index contributed by atoms with van der Waals surface area (Å²) in [5, 5.41) is 4.56. The second kappa shape index (κ2) is 8.90. The molecule has 34 heavy (non-hydrogen) atoms. The molecule has 0 fully saturated rings. The summed E-state index contributed by atoms with van der Waals surface area (Å²) >= 11 is 0. The molecular formula is C26H24N4O4. The third-order valence-electron chi connectivity index (χ3n) is 5.61. The molecule has 8 nitrogen and oxygen atoms in total. The summed E-state index contributed by atoms with van der Waals surface area (Å²) in [6, 6.07) is 17.0. The fourth-order valence-electron chi connectivity index (χ4n) is 3.77. The topological polar surface area (TPSA) is 83.8 Å². The number of rotatable bonds is 7. The van der Waals surface area contributed by atoms with Crippen molar-refractivity contribution in [1.29, 1.82) is 0 Å². The van der Waals surface area contributed by atoms with Gasteiger partial charge >= 0.3 is 0 Å². The van der Waals surface area contributed by atoms with Gasteiger partial charge in [-0.25, -0.2) is 9.50 Å². The number of fused-ring (bicyclic) bond motifs is 1. The molecule has 0 bridgehead atoms. The highest BCUT2D eigenvalue weighted by Crippen LogP contribution is 2.25. The highest BCUT2D eigenvalue weighted by molar-refractivity contribution is 5.66. The molecule has 0 aliphatic heterocycles. The van der Waals surface area contributed by atoms with Crippen LogP contribution >= 0.6 is 0 Å². The van der Waals surface area contributed by atoms with E-state index in [0.29, 0.717) is 36.0 Å². The molecule has 0 amide bonds. The van der Waals surface area contributed by atoms with E-state index in [0.717, 1.165) is 28.3 Å². The van der Waals surface area contributed by atoms with Gasteiger partial charge in [0.05, 0.1) is 26.0 Å². The van der Waals surface area contributed by atoms with Gasteiger partial charge in [0.1, 0.15) is 28.5 Å². The van der Waals surface area contributed by atoms with E-state index in [-0.39, 0.29) is 5.56 Å². The van der Waals surface area contributed by atoms with Crippen molar-refractivity contribution in [1.82, 2.24) is 19.2 Å². The molecule has 0 unspecified atom stereocenters. The van der Waals surface area contributed by atoms with Crippen molar-refractivity contribution in [3.05, 3.63) is 88.8 Å². The molecular weight excluding hydrogens is 432 g/mol. The first-order valence-electron chi connectivity index (χ1n) is 11.0. The first kappa shape index (κ1) is 21.5. The molecule has 3 aromatic heterocycles. The second-order valence-electron chi connectivity index (χ2n) is 7.80. The summed E-state index contributed by atoms with van der Waals surface area (Å²) in [5.74, 6) is 2.74. The first-order chi connectivity index (χ1) is 16.6. The fourth-order valence-corrected chi connectivity index (χ4v) is 3.77. The molecule has 2 aromatic carbocycles. The molecule has 5 aromatic rings. The smallest absolute Gasteiger partial charge is 0.276 e. The molecule has 0 saturated carbocycles.